The first-order valence-electron chi connectivity index (χ1n) is 8.02. The number of benzene rings is 2. The summed E-state index contributed by atoms with van der Waals surface area (Å²) < 4.78 is 23.5. The van der Waals surface area contributed by atoms with Gasteiger partial charge in [-0.15, -0.1) is 0 Å². The molecule has 1 atom stereocenters. The Morgan fingerprint density at radius 3 is 2.35 bits per heavy atom. The van der Waals surface area contributed by atoms with Crippen molar-refractivity contribution in [3.63, 3.8) is 0 Å². The van der Waals surface area contributed by atoms with Gasteiger partial charge in [0.15, 0.2) is 9.84 Å². The highest BCUT2D eigenvalue weighted by atomic mass is 32.2. The van der Waals surface area contributed by atoms with Crippen LogP contribution >= 0.6 is 0 Å². The van der Waals surface area contributed by atoms with Crippen molar-refractivity contribution in [3.8, 4) is 0 Å². The number of amides is 1. The van der Waals surface area contributed by atoms with Gasteiger partial charge >= 0.3 is 0 Å². The average Bonchev–Trinajstić information content (AvgIpc) is 2.67. The molecule has 0 radical (unpaired) electrons. The lowest BCUT2D eigenvalue weighted by Crippen LogP contribution is -2.30. The van der Waals surface area contributed by atoms with Crippen LogP contribution in [0.4, 0.5) is 0 Å². The maximum atomic E-state index is 12.7. The molecule has 0 bridgehead atoms. The fourth-order valence-corrected chi connectivity index (χ4v) is 3.27. The molecule has 3 aromatic rings. The highest BCUT2D eigenvalue weighted by Gasteiger charge is 2.19. The fourth-order valence-electron chi connectivity index (χ4n) is 2.60. The first-order valence-corrected chi connectivity index (χ1v) is 9.91. The third kappa shape index (κ3) is 4.15. The van der Waals surface area contributed by atoms with E-state index >= 15 is 0 Å². The second-order valence-corrected chi connectivity index (χ2v) is 7.89. The second-order valence-electron chi connectivity index (χ2n) is 5.87. The molecule has 0 saturated carbocycles. The molecule has 0 spiro atoms. The van der Waals surface area contributed by atoms with E-state index in [1.807, 2.05) is 48.5 Å². The van der Waals surface area contributed by atoms with Crippen LogP contribution in [0.15, 0.2) is 83.9 Å². The summed E-state index contributed by atoms with van der Waals surface area (Å²) in [5.41, 5.74) is 1.87. The molecule has 1 N–H and O–H groups in total. The van der Waals surface area contributed by atoms with Gasteiger partial charge in [0.05, 0.1) is 16.6 Å². The largest absolute Gasteiger partial charge is 0.340 e. The molecular weight excluding hydrogens is 348 g/mol. The van der Waals surface area contributed by atoms with Crippen molar-refractivity contribution in [2.45, 2.75) is 10.9 Å². The van der Waals surface area contributed by atoms with Crippen LogP contribution in [0, 0.1) is 0 Å². The molecule has 3 rings (SSSR count). The van der Waals surface area contributed by atoms with Gasteiger partial charge in [-0.25, -0.2) is 8.42 Å². The Kier molecular flexibility index (Phi) is 5.14. The van der Waals surface area contributed by atoms with Gasteiger partial charge < -0.3 is 5.32 Å². The number of carbonyl (C=O) groups is 1. The van der Waals surface area contributed by atoms with E-state index in [0.29, 0.717) is 5.69 Å². The van der Waals surface area contributed by atoms with E-state index in [1.165, 1.54) is 12.1 Å². The SMILES string of the molecule is CS(=O)(=O)c1cccc(C(=O)NC(c2ccccc2)c2ccccn2)c1. The van der Waals surface area contributed by atoms with Gasteiger partial charge in [-0.05, 0) is 35.9 Å². The van der Waals surface area contributed by atoms with Crippen LogP contribution in [0.25, 0.3) is 0 Å². The summed E-state index contributed by atoms with van der Waals surface area (Å²) in [7, 11) is -3.38. The number of aromatic nitrogens is 1. The molecule has 0 aliphatic rings. The van der Waals surface area contributed by atoms with Crippen molar-refractivity contribution < 1.29 is 13.2 Å². The predicted molar refractivity (Wildman–Crippen MR) is 99.5 cm³/mol. The van der Waals surface area contributed by atoms with Gasteiger partial charge in [0.1, 0.15) is 0 Å². The van der Waals surface area contributed by atoms with Crippen molar-refractivity contribution >= 4 is 15.7 Å². The van der Waals surface area contributed by atoms with E-state index in [2.05, 4.69) is 10.3 Å². The molecule has 0 aliphatic carbocycles. The highest BCUT2D eigenvalue weighted by Crippen LogP contribution is 2.21. The molecule has 0 saturated heterocycles. The number of sulfone groups is 1. The molecule has 5 nitrogen and oxygen atoms in total. The minimum absolute atomic E-state index is 0.110. The number of pyridine rings is 1. The van der Waals surface area contributed by atoms with E-state index < -0.39 is 15.9 Å². The minimum Gasteiger partial charge on any atom is -0.340 e. The molecule has 2 aromatic carbocycles. The topological polar surface area (TPSA) is 76.1 Å². The van der Waals surface area contributed by atoms with Crippen LogP contribution < -0.4 is 5.32 Å². The maximum absolute atomic E-state index is 12.7. The summed E-state index contributed by atoms with van der Waals surface area (Å²) in [5.74, 6) is -0.366. The van der Waals surface area contributed by atoms with Crippen LogP contribution in [0.3, 0.4) is 0 Å². The molecule has 0 fully saturated rings. The molecule has 1 heterocycles. The summed E-state index contributed by atoms with van der Waals surface area (Å²) in [6, 6.07) is 20.6. The Bertz CT molecular complexity index is 964. The third-order valence-corrected chi connectivity index (χ3v) is 5.03. The summed E-state index contributed by atoms with van der Waals surface area (Å²) in [6.45, 7) is 0. The van der Waals surface area contributed by atoms with Gasteiger partial charge in [0.25, 0.3) is 5.91 Å². The zero-order valence-electron chi connectivity index (χ0n) is 14.2. The molecule has 132 valence electrons. The van der Waals surface area contributed by atoms with Gasteiger partial charge in [0, 0.05) is 18.0 Å². The number of hydrogen-bond acceptors (Lipinski definition) is 4. The average molecular weight is 366 g/mol. The quantitative estimate of drug-likeness (QED) is 0.753. The Balaban J connectivity index is 1.94. The van der Waals surface area contributed by atoms with E-state index in [1.54, 1.807) is 18.3 Å². The maximum Gasteiger partial charge on any atom is 0.252 e. The summed E-state index contributed by atoms with van der Waals surface area (Å²) >= 11 is 0. The third-order valence-electron chi connectivity index (χ3n) is 3.92. The summed E-state index contributed by atoms with van der Waals surface area (Å²) in [4.78, 5) is 17.2. The van der Waals surface area contributed by atoms with E-state index in [9.17, 15) is 13.2 Å². The normalized spacial score (nSPS) is 12.3. The van der Waals surface area contributed by atoms with E-state index in [-0.39, 0.29) is 16.4 Å². The van der Waals surface area contributed by atoms with Crippen LogP contribution in [0.1, 0.15) is 27.7 Å². The molecule has 6 heteroatoms. The Hall–Kier alpha value is -2.99. The van der Waals surface area contributed by atoms with Crippen molar-refractivity contribution in [1.29, 1.82) is 0 Å². The molecule has 26 heavy (non-hydrogen) atoms. The highest BCUT2D eigenvalue weighted by molar-refractivity contribution is 7.90. The van der Waals surface area contributed by atoms with Crippen LogP contribution in [0.2, 0.25) is 0 Å². The van der Waals surface area contributed by atoms with Crippen molar-refractivity contribution in [2.75, 3.05) is 6.26 Å². The monoisotopic (exact) mass is 366 g/mol. The fraction of sp³-hybridized carbons (Fsp3) is 0.100. The van der Waals surface area contributed by atoms with E-state index in [0.717, 1.165) is 11.8 Å². The molecule has 0 aliphatic heterocycles. The van der Waals surface area contributed by atoms with Gasteiger partial charge in [-0.1, -0.05) is 42.5 Å². The lowest BCUT2D eigenvalue weighted by molar-refractivity contribution is 0.0942. The van der Waals surface area contributed by atoms with Crippen molar-refractivity contribution in [2.24, 2.45) is 0 Å². The van der Waals surface area contributed by atoms with E-state index in [4.69, 9.17) is 0 Å². The molecule has 1 aromatic heterocycles. The van der Waals surface area contributed by atoms with Crippen LogP contribution in [-0.4, -0.2) is 25.6 Å². The van der Waals surface area contributed by atoms with Gasteiger partial charge in [-0.3, -0.25) is 9.78 Å². The number of nitrogens with zero attached hydrogens (tertiary/aromatic N) is 1. The molecule has 1 unspecified atom stereocenters. The number of rotatable bonds is 5. The lowest BCUT2D eigenvalue weighted by Gasteiger charge is -2.19. The Labute approximate surface area is 152 Å². The number of hydrogen-bond donors (Lipinski definition) is 1. The zero-order valence-corrected chi connectivity index (χ0v) is 15.0. The van der Waals surface area contributed by atoms with Crippen molar-refractivity contribution in [1.82, 2.24) is 10.3 Å². The van der Waals surface area contributed by atoms with Crippen LogP contribution in [-0.2, 0) is 9.84 Å². The second kappa shape index (κ2) is 7.49. The Morgan fingerprint density at radius 2 is 1.69 bits per heavy atom. The number of carbonyl (C=O) groups excluding carboxylic acids is 1. The van der Waals surface area contributed by atoms with Gasteiger partial charge in [0.2, 0.25) is 0 Å². The van der Waals surface area contributed by atoms with Crippen LogP contribution in [0.5, 0.6) is 0 Å². The first-order chi connectivity index (χ1) is 12.4. The standard InChI is InChI=1S/C20H18N2O3S/c1-26(24,25)17-11-7-10-16(14-17)20(23)22-19(15-8-3-2-4-9-15)18-12-5-6-13-21-18/h2-14,19H,1H3,(H,22,23). The Morgan fingerprint density at radius 1 is 0.962 bits per heavy atom. The zero-order chi connectivity index (χ0) is 18.6. The molecular formula is C20H18N2O3S. The summed E-state index contributed by atoms with van der Waals surface area (Å²) in [6.07, 6.45) is 2.78. The minimum atomic E-state index is -3.38. The number of nitrogens with one attached hydrogen (secondary N) is 1. The lowest BCUT2D eigenvalue weighted by atomic mass is 10.0. The first kappa shape index (κ1) is 17.8. The predicted octanol–water partition coefficient (Wildman–Crippen LogP) is 3.00. The van der Waals surface area contributed by atoms with Gasteiger partial charge in [-0.2, -0.15) is 0 Å². The van der Waals surface area contributed by atoms with Crippen molar-refractivity contribution in [3.05, 3.63) is 95.8 Å². The molecule has 1 amide bonds. The summed E-state index contributed by atoms with van der Waals surface area (Å²) in [5, 5.41) is 2.95. The smallest absolute Gasteiger partial charge is 0.252 e.